The van der Waals surface area contributed by atoms with Crippen molar-refractivity contribution < 1.29 is 18.0 Å². The lowest BCUT2D eigenvalue weighted by atomic mass is 9.94. The van der Waals surface area contributed by atoms with Crippen LogP contribution in [0.25, 0.3) is 0 Å². The van der Waals surface area contributed by atoms with E-state index in [2.05, 4.69) is 5.32 Å². The Labute approximate surface area is 287 Å². The molecule has 2 amide bonds. The van der Waals surface area contributed by atoms with Gasteiger partial charge in [-0.3, -0.25) is 13.9 Å². The highest BCUT2D eigenvalue weighted by atomic mass is 35.5. The van der Waals surface area contributed by atoms with E-state index in [9.17, 15) is 18.0 Å². The largest absolute Gasteiger partial charge is 0.352 e. The van der Waals surface area contributed by atoms with E-state index in [0.29, 0.717) is 0 Å². The predicted octanol–water partition coefficient (Wildman–Crippen LogP) is 7.59. The van der Waals surface area contributed by atoms with Gasteiger partial charge in [0, 0.05) is 29.1 Å². The fraction of sp³-hybridized carbons (Fsp3) is 0.297. The number of rotatable bonds is 12. The molecule has 0 saturated heterocycles. The second-order valence-corrected chi connectivity index (χ2v) is 14.7. The fourth-order valence-corrected chi connectivity index (χ4v) is 7.93. The molecule has 1 saturated carbocycles. The van der Waals surface area contributed by atoms with Crippen LogP contribution in [0.4, 0.5) is 5.69 Å². The fourth-order valence-electron chi connectivity index (χ4n) is 6.00. The predicted molar refractivity (Wildman–Crippen MR) is 188 cm³/mol. The maximum Gasteiger partial charge on any atom is 0.264 e. The Morgan fingerprint density at radius 2 is 1.43 bits per heavy atom. The van der Waals surface area contributed by atoms with Gasteiger partial charge in [-0.05, 0) is 66.8 Å². The molecule has 0 heterocycles. The zero-order valence-corrected chi connectivity index (χ0v) is 28.6. The van der Waals surface area contributed by atoms with Gasteiger partial charge in [-0.15, -0.1) is 0 Å². The summed E-state index contributed by atoms with van der Waals surface area (Å²) in [6, 6.07) is 28.7. The Morgan fingerprint density at radius 1 is 0.830 bits per heavy atom. The third-order valence-electron chi connectivity index (χ3n) is 8.57. The van der Waals surface area contributed by atoms with Crippen LogP contribution in [0.1, 0.15) is 48.8 Å². The number of carbonyl (C=O) groups excluding carboxylic acids is 2. The van der Waals surface area contributed by atoms with Crippen molar-refractivity contribution in [2.24, 2.45) is 0 Å². The van der Waals surface area contributed by atoms with Crippen LogP contribution in [0.3, 0.4) is 0 Å². The summed E-state index contributed by atoms with van der Waals surface area (Å²) in [5.74, 6) is -0.797. The smallest absolute Gasteiger partial charge is 0.264 e. The van der Waals surface area contributed by atoms with Gasteiger partial charge in [0.15, 0.2) is 0 Å². The molecular formula is C37H39Cl2N3O4S. The summed E-state index contributed by atoms with van der Waals surface area (Å²) >= 11 is 12.7. The summed E-state index contributed by atoms with van der Waals surface area (Å²) in [6.07, 6.45) is 5.23. The summed E-state index contributed by atoms with van der Waals surface area (Å²) < 4.78 is 29.4. The lowest BCUT2D eigenvalue weighted by Gasteiger charge is -2.35. The number of hydrogen-bond donors (Lipinski definition) is 1. The summed E-state index contributed by atoms with van der Waals surface area (Å²) in [7, 11) is -4.26. The molecule has 0 radical (unpaired) electrons. The van der Waals surface area contributed by atoms with Crippen molar-refractivity contribution in [3.63, 3.8) is 0 Å². The van der Waals surface area contributed by atoms with E-state index >= 15 is 0 Å². The monoisotopic (exact) mass is 691 g/mol. The van der Waals surface area contributed by atoms with Crippen molar-refractivity contribution in [3.05, 3.63) is 130 Å². The number of amides is 2. The quantitative estimate of drug-likeness (QED) is 0.166. The number of hydrogen-bond acceptors (Lipinski definition) is 4. The highest BCUT2D eigenvalue weighted by molar-refractivity contribution is 7.92. The Hall–Kier alpha value is -3.85. The number of nitrogens with one attached hydrogen (secondary N) is 1. The van der Waals surface area contributed by atoms with Crippen LogP contribution in [0.15, 0.2) is 108 Å². The molecule has 1 atom stereocenters. The summed E-state index contributed by atoms with van der Waals surface area (Å²) in [6.45, 7) is 1.48. The standard InChI is InChI=1S/C37H39Cl2N3O4S/c1-27-13-11-12-16-29(27)25-41(35(21-28-14-5-2-6-15-28)37(44)40-32-17-7-3-8-18-32)36(43)26-42(33-23-30(38)22-31(39)24-33)47(45,46)34-19-9-4-10-20-34/h2,4-6,9-16,19-20,22-24,32,35H,3,7-8,17-18,21,25-26H2,1H3,(H,40,44)/t35-/m0/s1. The molecule has 0 bridgehead atoms. The van der Waals surface area contributed by atoms with E-state index in [1.165, 1.54) is 35.2 Å². The van der Waals surface area contributed by atoms with Gasteiger partial charge in [-0.25, -0.2) is 8.42 Å². The Morgan fingerprint density at radius 3 is 2.06 bits per heavy atom. The molecule has 10 heteroatoms. The van der Waals surface area contributed by atoms with Crippen LogP contribution in [0.2, 0.25) is 10.0 Å². The number of anilines is 1. The van der Waals surface area contributed by atoms with Gasteiger partial charge >= 0.3 is 0 Å². The number of carbonyl (C=O) groups is 2. The highest BCUT2D eigenvalue weighted by Crippen LogP contribution is 2.30. The third kappa shape index (κ3) is 8.95. The van der Waals surface area contributed by atoms with Crippen LogP contribution in [0, 0.1) is 6.92 Å². The Bertz CT molecular complexity index is 1760. The van der Waals surface area contributed by atoms with Gasteiger partial charge in [0.25, 0.3) is 10.0 Å². The molecule has 0 aliphatic heterocycles. The van der Waals surface area contributed by atoms with Gasteiger partial charge in [-0.2, -0.15) is 0 Å². The summed E-state index contributed by atoms with van der Waals surface area (Å²) in [5.41, 5.74) is 2.83. The van der Waals surface area contributed by atoms with Crippen molar-refractivity contribution in [1.29, 1.82) is 0 Å². The Balaban J connectivity index is 1.58. The van der Waals surface area contributed by atoms with Gasteiger partial charge in [-0.1, -0.05) is 115 Å². The number of nitrogens with zero attached hydrogens (tertiary/aromatic N) is 2. The van der Waals surface area contributed by atoms with E-state index in [0.717, 1.165) is 53.1 Å². The molecule has 246 valence electrons. The average molecular weight is 693 g/mol. The first kappa shape index (κ1) is 34.5. The van der Waals surface area contributed by atoms with Crippen LogP contribution >= 0.6 is 23.2 Å². The molecule has 7 nitrogen and oxygen atoms in total. The highest BCUT2D eigenvalue weighted by Gasteiger charge is 2.35. The number of benzene rings is 4. The molecule has 4 aromatic carbocycles. The maximum absolute atomic E-state index is 14.7. The topological polar surface area (TPSA) is 86.8 Å². The first-order valence-electron chi connectivity index (χ1n) is 15.8. The van der Waals surface area contributed by atoms with Crippen LogP contribution < -0.4 is 9.62 Å². The molecule has 5 rings (SSSR count). The Kier molecular flexibility index (Phi) is 11.6. The van der Waals surface area contributed by atoms with Crippen LogP contribution in [0.5, 0.6) is 0 Å². The molecular weight excluding hydrogens is 653 g/mol. The molecule has 0 unspecified atom stereocenters. The third-order valence-corrected chi connectivity index (χ3v) is 10.8. The second-order valence-electron chi connectivity index (χ2n) is 11.9. The van der Waals surface area contributed by atoms with Crippen molar-refractivity contribution >= 4 is 50.7 Å². The van der Waals surface area contributed by atoms with Crippen LogP contribution in [-0.2, 0) is 32.6 Å². The molecule has 47 heavy (non-hydrogen) atoms. The molecule has 1 aliphatic rings. The first-order valence-corrected chi connectivity index (χ1v) is 18.0. The number of aryl methyl sites for hydroxylation is 1. The SMILES string of the molecule is Cc1ccccc1CN(C(=O)CN(c1cc(Cl)cc(Cl)c1)S(=O)(=O)c1ccccc1)[C@@H](Cc1ccccc1)C(=O)NC1CCCCC1. The summed E-state index contributed by atoms with van der Waals surface area (Å²) in [5, 5.41) is 3.67. The van der Waals surface area contributed by atoms with E-state index in [1.54, 1.807) is 18.2 Å². The van der Waals surface area contributed by atoms with E-state index < -0.39 is 28.5 Å². The minimum Gasteiger partial charge on any atom is -0.352 e. The van der Waals surface area contributed by atoms with E-state index in [-0.39, 0.29) is 45.5 Å². The van der Waals surface area contributed by atoms with Crippen LogP contribution in [-0.4, -0.2) is 43.8 Å². The number of halogens is 2. The molecule has 1 fully saturated rings. The first-order chi connectivity index (χ1) is 22.6. The zero-order valence-electron chi connectivity index (χ0n) is 26.3. The minimum absolute atomic E-state index is 0.00484. The lowest BCUT2D eigenvalue weighted by Crippen LogP contribution is -2.55. The average Bonchev–Trinajstić information content (AvgIpc) is 3.06. The van der Waals surface area contributed by atoms with E-state index in [4.69, 9.17) is 23.2 Å². The van der Waals surface area contributed by atoms with Gasteiger partial charge in [0.05, 0.1) is 10.6 Å². The van der Waals surface area contributed by atoms with E-state index in [1.807, 2.05) is 61.5 Å². The van der Waals surface area contributed by atoms with Gasteiger partial charge in [0.2, 0.25) is 11.8 Å². The molecule has 0 aromatic heterocycles. The molecule has 1 N–H and O–H groups in total. The molecule has 1 aliphatic carbocycles. The molecule has 4 aromatic rings. The molecule has 0 spiro atoms. The lowest BCUT2D eigenvalue weighted by molar-refractivity contribution is -0.140. The normalized spacial score (nSPS) is 14.3. The van der Waals surface area contributed by atoms with Crippen molar-refractivity contribution in [2.75, 3.05) is 10.8 Å². The number of sulfonamides is 1. The second kappa shape index (κ2) is 15.8. The van der Waals surface area contributed by atoms with Crippen molar-refractivity contribution in [1.82, 2.24) is 10.2 Å². The van der Waals surface area contributed by atoms with Crippen molar-refractivity contribution in [2.45, 2.75) is 69.0 Å². The van der Waals surface area contributed by atoms with Crippen molar-refractivity contribution in [3.8, 4) is 0 Å². The minimum atomic E-state index is -4.26. The summed E-state index contributed by atoms with van der Waals surface area (Å²) in [4.78, 5) is 30.4. The van der Waals surface area contributed by atoms with Gasteiger partial charge < -0.3 is 10.2 Å². The maximum atomic E-state index is 14.7. The zero-order chi connectivity index (χ0) is 33.4. The van der Waals surface area contributed by atoms with Gasteiger partial charge in [0.1, 0.15) is 12.6 Å².